The number of rotatable bonds is 3. The molecule has 0 aromatic rings. The SMILES string of the molecule is CC1/C=C/C=C/C=C/C=C/C=C/C=C/C=C/C(O[C@@H]2O[C@@H](C)C(O)C(N)C2O)CC(O)C(C(=O)O)C(O)CC(=O)CC(O)C(O)CCC(=O)CC(O)CC(O)CC(=O)OC(C)C(C)C1O. The van der Waals surface area contributed by atoms with Gasteiger partial charge < -0.3 is 71.0 Å². The molecule has 18 heteroatoms. The number of aliphatic hydroxyl groups excluding tert-OH is 9. The third-order valence-electron chi connectivity index (χ3n) is 11.3. The van der Waals surface area contributed by atoms with Gasteiger partial charge in [-0.3, -0.25) is 19.2 Å². The summed E-state index contributed by atoms with van der Waals surface area (Å²) in [5.74, 6) is -6.58. The Balaban J connectivity index is 2.29. The molecule has 17 atom stereocenters. The quantitative estimate of drug-likeness (QED) is 0.174. The number of nitrogens with two attached hydrogens (primary N) is 1. The number of carbonyl (C=O) groups excluding carboxylic acids is 3. The molecule has 366 valence electrons. The molecule has 0 bridgehead atoms. The van der Waals surface area contributed by atoms with E-state index in [0.29, 0.717) is 0 Å². The molecule has 15 unspecified atom stereocenters. The molecule has 65 heavy (non-hydrogen) atoms. The van der Waals surface area contributed by atoms with E-state index < -0.39 is 153 Å². The summed E-state index contributed by atoms with van der Waals surface area (Å²) in [4.78, 5) is 50.3. The second-order valence-corrected chi connectivity index (χ2v) is 16.9. The Morgan fingerprint density at radius 3 is 1.69 bits per heavy atom. The topological polar surface area (TPSA) is 324 Å². The van der Waals surface area contributed by atoms with E-state index in [1.54, 1.807) is 86.8 Å². The van der Waals surface area contributed by atoms with Crippen molar-refractivity contribution in [1.29, 1.82) is 0 Å². The number of hydrogen-bond donors (Lipinski definition) is 11. The Bertz CT molecular complexity index is 1690. The second-order valence-electron chi connectivity index (χ2n) is 16.9. The van der Waals surface area contributed by atoms with E-state index in [0.717, 1.165) is 0 Å². The number of hydrogen-bond acceptors (Lipinski definition) is 17. The Morgan fingerprint density at radius 1 is 0.600 bits per heavy atom. The highest BCUT2D eigenvalue weighted by Crippen LogP contribution is 2.26. The van der Waals surface area contributed by atoms with Gasteiger partial charge >= 0.3 is 11.9 Å². The fourth-order valence-electron chi connectivity index (χ4n) is 7.16. The molecule has 2 aliphatic rings. The Labute approximate surface area is 380 Å². The molecule has 0 saturated carbocycles. The van der Waals surface area contributed by atoms with Crippen LogP contribution in [0.1, 0.15) is 79.1 Å². The first-order valence-electron chi connectivity index (χ1n) is 22.0. The molecule has 2 rings (SSSR count). The van der Waals surface area contributed by atoms with Crippen LogP contribution in [0.25, 0.3) is 0 Å². The number of allylic oxidation sites excluding steroid dienone is 12. The lowest BCUT2D eigenvalue weighted by Gasteiger charge is -2.41. The predicted octanol–water partition coefficient (Wildman–Crippen LogP) is 0.763. The molecule has 0 radical (unpaired) electrons. The maximum Gasteiger partial charge on any atom is 0.311 e. The first-order valence-corrected chi connectivity index (χ1v) is 22.0. The number of carbonyl (C=O) groups is 4. The van der Waals surface area contributed by atoms with E-state index in [1.807, 2.05) is 6.92 Å². The van der Waals surface area contributed by atoms with Crippen LogP contribution in [0.5, 0.6) is 0 Å². The molecule has 1 fully saturated rings. The molecule has 0 amide bonds. The molecule has 0 spiro atoms. The van der Waals surface area contributed by atoms with Crippen molar-refractivity contribution in [2.75, 3.05) is 0 Å². The third kappa shape index (κ3) is 21.0. The van der Waals surface area contributed by atoms with Gasteiger partial charge in [-0.2, -0.15) is 0 Å². The molecule has 0 aliphatic carbocycles. The monoisotopic (exact) mass is 921 g/mol. The summed E-state index contributed by atoms with van der Waals surface area (Å²) >= 11 is 0. The first-order chi connectivity index (χ1) is 30.6. The summed E-state index contributed by atoms with van der Waals surface area (Å²) in [7, 11) is 0. The summed E-state index contributed by atoms with van der Waals surface area (Å²) in [5.41, 5.74) is 5.95. The minimum Gasteiger partial charge on any atom is -0.481 e. The number of esters is 1. The number of ketones is 2. The number of carboxylic acid groups (broad SMARTS) is 1. The van der Waals surface area contributed by atoms with Crippen molar-refractivity contribution in [2.45, 2.75) is 165 Å². The van der Waals surface area contributed by atoms with E-state index >= 15 is 0 Å². The highest BCUT2D eigenvalue weighted by molar-refractivity contribution is 5.81. The van der Waals surface area contributed by atoms with E-state index in [1.165, 1.54) is 19.1 Å². The van der Waals surface area contributed by atoms with Crippen molar-refractivity contribution in [2.24, 2.45) is 23.5 Å². The Morgan fingerprint density at radius 2 is 1.12 bits per heavy atom. The highest BCUT2D eigenvalue weighted by Gasteiger charge is 2.43. The largest absolute Gasteiger partial charge is 0.481 e. The van der Waals surface area contributed by atoms with Crippen molar-refractivity contribution in [3.63, 3.8) is 0 Å². The van der Waals surface area contributed by atoms with Crippen LogP contribution < -0.4 is 5.73 Å². The minimum absolute atomic E-state index is 0.302. The summed E-state index contributed by atoms with van der Waals surface area (Å²) in [6.07, 6.45) is 2.25. The van der Waals surface area contributed by atoms with Gasteiger partial charge in [0.05, 0.1) is 73.5 Å². The van der Waals surface area contributed by atoms with Crippen molar-refractivity contribution in [1.82, 2.24) is 0 Å². The van der Waals surface area contributed by atoms with Gasteiger partial charge in [0.25, 0.3) is 0 Å². The van der Waals surface area contributed by atoms with Crippen molar-refractivity contribution < 1.29 is 84.5 Å². The van der Waals surface area contributed by atoms with Gasteiger partial charge in [0, 0.05) is 50.4 Å². The summed E-state index contributed by atoms with van der Waals surface area (Å²) in [6, 6.07) is -1.16. The maximum atomic E-state index is 12.9. The zero-order chi connectivity index (χ0) is 48.8. The van der Waals surface area contributed by atoms with Crippen molar-refractivity contribution >= 4 is 23.5 Å². The summed E-state index contributed by atoms with van der Waals surface area (Å²) in [6.45, 7) is 6.66. The summed E-state index contributed by atoms with van der Waals surface area (Å²) < 4.78 is 16.9. The van der Waals surface area contributed by atoms with Crippen LogP contribution in [0.15, 0.2) is 85.1 Å². The molecule has 1 saturated heterocycles. The molecule has 18 nitrogen and oxygen atoms in total. The molecule has 12 N–H and O–H groups in total. The molecule has 2 aliphatic heterocycles. The molecule has 0 aromatic heterocycles. The molecular formula is C47H71NO17. The Hall–Kier alpha value is -4.02. The smallest absolute Gasteiger partial charge is 0.311 e. The normalized spacial score (nSPS) is 41.6. The van der Waals surface area contributed by atoms with Crippen LogP contribution in [-0.4, -0.2) is 160 Å². The number of carboxylic acids is 1. The lowest BCUT2D eigenvalue weighted by molar-refractivity contribution is -0.277. The van der Waals surface area contributed by atoms with Crippen LogP contribution >= 0.6 is 0 Å². The number of cyclic esters (lactones) is 1. The fourth-order valence-corrected chi connectivity index (χ4v) is 7.16. The molecule has 0 aromatic carbocycles. The van der Waals surface area contributed by atoms with E-state index in [4.69, 9.17) is 19.9 Å². The van der Waals surface area contributed by atoms with E-state index in [9.17, 15) is 70.2 Å². The molecule has 2 heterocycles. The highest BCUT2D eigenvalue weighted by atomic mass is 16.7. The van der Waals surface area contributed by atoms with E-state index in [-0.39, 0.29) is 25.2 Å². The number of ether oxygens (including phenoxy) is 3. The summed E-state index contributed by atoms with van der Waals surface area (Å²) in [5, 5.41) is 106. The van der Waals surface area contributed by atoms with Gasteiger partial charge in [0.15, 0.2) is 6.29 Å². The van der Waals surface area contributed by atoms with Crippen molar-refractivity contribution in [3.05, 3.63) is 85.1 Å². The third-order valence-corrected chi connectivity index (χ3v) is 11.3. The fraction of sp³-hybridized carbons (Fsp3) is 0.617. The zero-order valence-electron chi connectivity index (χ0n) is 37.5. The van der Waals surface area contributed by atoms with Gasteiger partial charge in [0.2, 0.25) is 0 Å². The predicted molar refractivity (Wildman–Crippen MR) is 237 cm³/mol. The zero-order valence-corrected chi connectivity index (χ0v) is 37.5. The van der Waals surface area contributed by atoms with Crippen LogP contribution in [-0.2, 0) is 33.4 Å². The van der Waals surface area contributed by atoms with Crippen LogP contribution in [0.3, 0.4) is 0 Å². The Kier molecular flexibility index (Phi) is 26.0. The standard InChI is InChI=1S/C47H71NO17/c1-27-17-15-13-11-9-7-5-6-8-10-12-14-16-18-35(65-47-45(60)42(48)44(59)30(4)64-47)26-39(56)41(46(61)62)38(55)24-34(52)23-37(54)36(53)20-19-31(49)21-32(50)22-33(51)25-40(57)63-29(3)28(2)43(27)58/h5-18,27-30,32-33,35-39,41-45,47,50-51,53-56,58-60H,19-26,48H2,1-4H3,(H,61,62)/b6-5+,9-7+,10-8+,13-11+,14-12+,17-15+,18-16+/t27?,28?,29?,30-,32?,33?,35?,36?,37?,38?,39?,41?,42?,43?,44?,45?,47-/m0/s1. The van der Waals surface area contributed by atoms with Gasteiger partial charge in [-0.1, -0.05) is 98.9 Å². The van der Waals surface area contributed by atoms with Crippen LogP contribution in [0, 0.1) is 17.8 Å². The van der Waals surface area contributed by atoms with Gasteiger partial charge in [0.1, 0.15) is 29.7 Å². The molecular weight excluding hydrogens is 851 g/mol. The average molecular weight is 922 g/mol. The number of Topliss-reactive ketones (excluding diaryl/α,β-unsaturated/α-hetero) is 2. The van der Waals surface area contributed by atoms with Crippen molar-refractivity contribution in [3.8, 4) is 0 Å². The lowest BCUT2D eigenvalue weighted by atomic mass is 9.88. The first kappa shape index (κ1) is 57.1. The van der Waals surface area contributed by atoms with Crippen LogP contribution in [0.4, 0.5) is 0 Å². The van der Waals surface area contributed by atoms with Gasteiger partial charge in [-0.15, -0.1) is 0 Å². The average Bonchev–Trinajstić information content (AvgIpc) is 3.22. The van der Waals surface area contributed by atoms with Crippen LogP contribution in [0.2, 0.25) is 0 Å². The minimum atomic E-state index is -1.97. The van der Waals surface area contributed by atoms with Gasteiger partial charge in [-0.25, -0.2) is 0 Å². The number of aliphatic carboxylic acids is 1. The van der Waals surface area contributed by atoms with E-state index in [2.05, 4.69) is 0 Å². The lowest BCUT2D eigenvalue weighted by Crippen LogP contribution is -2.61. The number of aliphatic hydroxyl groups is 9. The maximum absolute atomic E-state index is 12.9. The second kappa shape index (κ2) is 29.6. The van der Waals surface area contributed by atoms with Gasteiger partial charge in [-0.05, 0) is 20.3 Å².